The second-order valence-electron chi connectivity index (χ2n) is 2.70. The fourth-order valence-corrected chi connectivity index (χ4v) is 2.06. The molecule has 1 aliphatic rings. The number of aromatic nitrogens is 1. The van der Waals surface area contributed by atoms with Crippen molar-refractivity contribution >= 4 is 33.3 Å². The topological polar surface area (TPSA) is 30.0 Å². The Morgan fingerprint density at radius 1 is 1.67 bits per heavy atom. The molecule has 1 atom stereocenters. The van der Waals surface area contributed by atoms with Gasteiger partial charge in [-0.15, -0.1) is 0 Å². The van der Waals surface area contributed by atoms with Gasteiger partial charge in [0.2, 0.25) is 0 Å². The van der Waals surface area contributed by atoms with Crippen LogP contribution in [0.15, 0.2) is 12.3 Å². The normalized spacial score (nSPS) is 21.2. The molecule has 0 aromatic carbocycles. The number of rotatable bonds is 0. The Morgan fingerprint density at radius 2 is 2.42 bits per heavy atom. The second kappa shape index (κ2) is 2.82. The standard InChI is InChI=1S/C8H5BrClNO/c9-6-1-4-3-11-7(10)2-5(4)8(6)12/h2-3,6H,1H2. The van der Waals surface area contributed by atoms with Crippen LogP contribution in [0.25, 0.3) is 0 Å². The Bertz CT molecular complexity index is 353. The van der Waals surface area contributed by atoms with Crippen molar-refractivity contribution in [3.63, 3.8) is 0 Å². The minimum atomic E-state index is -0.0900. The maximum absolute atomic E-state index is 11.4. The van der Waals surface area contributed by atoms with Crippen LogP contribution in [-0.2, 0) is 6.42 Å². The number of hydrogen-bond acceptors (Lipinski definition) is 2. The van der Waals surface area contributed by atoms with Gasteiger partial charge in [0.15, 0.2) is 5.78 Å². The third-order valence-electron chi connectivity index (χ3n) is 1.90. The first kappa shape index (κ1) is 8.20. The molecule has 1 aromatic heterocycles. The lowest BCUT2D eigenvalue weighted by Crippen LogP contribution is -2.05. The number of ketones is 1. The summed E-state index contributed by atoms with van der Waals surface area (Å²) < 4.78 is 0. The Balaban J connectivity index is 2.56. The van der Waals surface area contributed by atoms with E-state index in [1.807, 2.05) is 0 Å². The molecule has 2 nitrogen and oxygen atoms in total. The van der Waals surface area contributed by atoms with E-state index >= 15 is 0 Å². The molecule has 1 aromatic rings. The summed E-state index contributed by atoms with van der Waals surface area (Å²) in [7, 11) is 0. The SMILES string of the molecule is O=C1c2cc(Cl)ncc2CC1Br. The molecule has 0 amide bonds. The highest BCUT2D eigenvalue weighted by atomic mass is 79.9. The van der Waals surface area contributed by atoms with Gasteiger partial charge in [-0.3, -0.25) is 4.79 Å². The fourth-order valence-electron chi connectivity index (χ4n) is 1.30. The smallest absolute Gasteiger partial charge is 0.177 e. The molecule has 12 heavy (non-hydrogen) atoms. The molecular weight excluding hydrogens is 241 g/mol. The fraction of sp³-hybridized carbons (Fsp3) is 0.250. The maximum atomic E-state index is 11.4. The first-order chi connectivity index (χ1) is 5.68. The molecule has 0 saturated carbocycles. The maximum Gasteiger partial charge on any atom is 0.177 e. The van der Waals surface area contributed by atoms with Crippen molar-refractivity contribution in [3.05, 3.63) is 28.5 Å². The van der Waals surface area contributed by atoms with Crippen molar-refractivity contribution in [2.24, 2.45) is 0 Å². The second-order valence-corrected chi connectivity index (χ2v) is 4.19. The third-order valence-corrected chi connectivity index (χ3v) is 2.85. The molecule has 4 heteroatoms. The van der Waals surface area contributed by atoms with Crippen molar-refractivity contribution in [1.29, 1.82) is 0 Å². The van der Waals surface area contributed by atoms with Gasteiger partial charge in [-0.2, -0.15) is 0 Å². The zero-order valence-electron chi connectivity index (χ0n) is 6.05. The van der Waals surface area contributed by atoms with Crippen molar-refractivity contribution < 1.29 is 4.79 Å². The van der Waals surface area contributed by atoms with Gasteiger partial charge >= 0.3 is 0 Å². The van der Waals surface area contributed by atoms with Crippen LogP contribution in [0.3, 0.4) is 0 Å². The van der Waals surface area contributed by atoms with Crippen LogP contribution in [0.4, 0.5) is 0 Å². The third kappa shape index (κ3) is 1.17. The average molecular weight is 246 g/mol. The lowest BCUT2D eigenvalue weighted by atomic mass is 10.2. The highest BCUT2D eigenvalue weighted by molar-refractivity contribution is 9.10. The van der Waals surface area contributed by atoms with Gasteiger partial charge in [0.1, 0.15) is 5.15 Å². The Hall–Kier alpha value is -0.410. The molecule has 2 rings (SSSR count). The van der Waals surface area contributed by atoms with Gasteiger partial charge in [0.05, 0.1) is 4.83 Å². The number of hydrogen-bond donors (Lipinski definition) is 0. The monoisotopic (exact) mass is 245 g/mol. The number of alkyl halides is 1. The van der Waals surface area contributed by atoms with Gasteiger partial charge in [0.25, 0.3) is 0 Å². The van der Waals surface area contributed by atoms with Crippen LogP contribution in [0.5, 0.6) is 0 Å². The highest BCUT2D eigenvalue weighted by Gasteiger charge is 2.28. The van der Waals surface area contributed by atoms with Crippen molar-refractivity contribution in [2.75, 3.05) is 0 Å². The molecule has 62 valence electrons. The van der Waals surface area contributed by atoms with Crippen molar-refractivity contribution in [1.82, 2.24) is 4.98 Å². The van der Waals surface area contributed by atoms with Crippen LogP contribution >= 0.6 is 27.5 Å². The predicted octanol–water partition coefficient (Wildman–Crippen LogP) is 2.24. The number of halogens is 2. The number of Topliss-reactive ketones (excluding diaryl/α,β-unsaturated/α-hetero) is 1. The van der Waals surface area contributed by atoms with E-state index < -0.39 is 0 Å². The first-order valence-corrected chi connectivity index (χ1v) is 4.80. The summed E-state index contributed by atoms with van der Waals surface area (Å²) in [5, 5.41) is 0.378. The Morgan fingerprint density at radius 3 is 3.17 bits per heavy atom. The molecule has 0 N–H and O–H groups in total. The van der Waals surface area contributed by atoms with E-state index in [1.54, 1.807) is 12.3 Å². The van der Waals surface area contributed by atoms with Gasteiger partial charge in [-0.25, -0.2) is 4.98 Å². The summed E-state index contributed by atoms with van der Waals surface area (Å²) in [6.45, 7) is 0. The van der Waals surface area contributed by atoms with Gasteiger partial charge in [0, 0.05) is 11.8 Å². The Labute approximate surface area is 83.1 Å². The summed E-state index contributed by atoms with van der Waals surface area (Å²) in [6.07, 6.45) is 2.38. The van der Waals surface area contributed by atoms with Crippen molar-refractivity contribution in [3.8, 4) is 0 Å². The molecule has 0 fully saturated rings. The van der Waals surface area contributed by atoms with Crippen LogP contribution < -0.4 is 0 Å². The molecule has 1 unspecified atom stereocenters. The first-order valence-electron chi connectivity index (χ1n) is 3.51. The van der Waals surface area contributed by atoms with Crippen LogP contribution in [0.1, 0.15) is 15.9 Å². The number of carbonyl (C=O) groups is 1. The molecule has 0 radical (unpaired) electrons. The average Bonchev–Trinajstić information content (AvgIpc) is 2.31. The minimum Gasteiger partial charge on any atom is -0.293 e. The lowest BCUT2D eigenvalue weighted by Gasteiger charge is -1.94. The number of nitrogens with zero attached hydrogens (tertiary/aromatic N) is 1. The van der Waals surface area contributed by atoms with Gasteiger partial charge in [-0.05, 0) is 18.1 Å². The van der Waals surface area contributed by atoms with E-state index in [4.69, 9.17) is 11.6 Å². The molecule has 1 aliphatic carbocycles. The zero-order valence-corrected chi connectivity index (χ0v) is 8.39. The van der Waals surface area contributed by atoms with E-state index in [1.165, 1.54) is 0 Å². The van der Waals surface area contributed by atoms with Crippen LogP contribution in [0, 0.1) is 0 Å². The van der Waals surface area contributed by atoms with E-state index in [0.29, 0.717) is 10.7 Å². The molecular formula is C8H5BrClNO. The van der Waals surface area contributed by atoms with Crippen molar-refractivity contribution in [2.45, 2.75) is 11.2 Å². The highest BCUT2D eigenvalue weighted by Crippen LogP contribution is 2.27. The van der Waals surface area contributed by atoms with Crippen LogP contribution in [0.2, 0.25) is 5.15 Å². The van der Waals surface area contributed by atoms with E-state index in [2.05, 4.69) is 20.9 Å². The molecule has 0 bridgehead atoms. The number of carbonyl (C=O) groups excluding carboxylic acids is 1. The Kier molecular flexibility index (Phi) is 1.93. The quantitative estimate of drug-likeness (QED) is 0.519. The lowest BCUT2D eigenvalue weighted by molar-refractivity contribution is 0.100. The number of fused-ring (bicyclic) bond motifs is 1. The minimum absolute atomic E-state index is 0.0900. The van der Waals surface area contributed by atoms with E-state index in [-0.39, 0.29) is 10.6 Å². The zero-order chi connectivity index (χ0) is 8.72. The van der Waals surface area contributed by atoms with Crippen LogP contribution in [-0.4, -0.2) is 15.6 Å². The molecule has 0 spiro atoms. The summed E-state index contributed by atoms with van der Waals surface area (Å²) in [5.74, 6) is 0.106. The molecule has 0 saturated heterocycles. The molecule has 1 heterocycles. The summed E-state index contributed by atoms with van der Waals surface area (Å²) in [5.41, 5.74) is 1.68. The van der Waals surface area contributed by atoms with Gasteiger partial charge < -0.3 is 0 Å². The summed E-state index contributed by atoms with van der Waals surface area (Å²) in [4.78, 5) is 15.2. The summed E-state index contributed by atoms with van der Waals surface area (Å²) >= 11 is 8.95. The van der Waals surface area contributed by atoms with Gasteiger partial charge in [-0.1, -0.05) is 27.5 Å². The predicted molar refractivity (Wildman–Crippen MR) is 50.0 cm³/mol. The summed E-state index contributed by atoms with van der Waals surface area (Å²) in [6, 6.07) is 1.63. The van der Waals surface area contributed by atoms with E-state index in [9.17, 15) is 4.79 Å². The largest absolute Gasteiger partial charge is 0.293 e. The van der Waals surface area contributed by atoms with E-state index in [0.717, 1.165) is 12.0 Å². The number of pyridine rings is 1. The molecule has 0 aliphatic heterocycles.